The summed E-state index contributed by atoms with van der Waals surface area (Å²) in [6.45, 7) is 0. The fourth-order valence-electron chi connectivity index (χ4n) is 1.34. The summed E-state index contributed by atoms with van der Waals surface area (Å²) in [5.41, 5.74) is 0.108. The molecule has 1 heterocycles. The second kappa shape index (κ2) is 4.58. The molecule has 0 bridgehead atoms. The van der Waals surface area contributed by atoms with Crippen LogP contribution in [0, 0.1) is 0 Å². The van der Waals surface area contributed by atoms with Gasteiger partial charge in [0.15, 0.2) is 5.75 Å². The van der Waals surface area contributed by atoms with E-state index in [2.05, 4.69) is 21.0 Å². The Labute approximate surface area is 106 Å². The topological polar surface area (TPSA) is 64.3 Å². The Hall–Kier alpha value is -1.82. The van der Waals surface area contributed by atoms with Crippen molar-refractivity contribution in [1.29, 1.82) is 0 Å². The smallest absolute Gasteiger partial charge is 0.339 e. The van der Waals surface area contributed by atoms with E-state index in [4.69, 9.17) is 9.84 Å². The molecule has 17 heavy (non-hydrogen) atoms. The molecular formula is C11H9BrN2O3. The first-order valence-corrected chi connectivity index (χ1v) is 5.55. The number of hydrogen-bond donors (Lipinski definition) is 1. The van der Waals surface area contributed by atoms with E-state index in [0.717, 1.165) is 4.47 Å². The standard InChI is InChI=1S/C11H9BrN2O3/c1-14-6-8(5-13-14)17-10-4-7(12)2-3-9(10)11(15)16/h2-6H,1H3,(H,15,16). The molecule has 1 aromatic carbocycles. The summed E-state index contributed by atoms with van der Waals surface area (Å²) in [7, 11) is 1.76. The van der Waals surface area contributed by atoms with Crippen LogP contribution >= 0.6 is 15.9 Å². The zero-order valence-electron chi connectivity index (χ0n) is 8.92. The Balaban J connectivity index is 2.37. The Kier molecular flexibility index (Phi) is 3.14. The van der Waals surface area contributed by atoms with E-state index in [1.54, 1.807) is 30.1 Å². The van der Waals surface area contributed by atoms with Crippen LogP contribution in [-0.4, -0.2) is 20.9 Å². The summed E-state index contributed by atoms with van der Waals surface area (Å²) < 4.78 is 7.81. The number of carbonyl (C=O) groups is 1. The molecule has 0 fully saturated rings. The first-order chi connectivity index (χ1) is 8.06. The number of nitrogens with zero attached hydrogens (tertiary/aromatic N) is 2. The van der Waals surface area contributed by atoms with Gasteiger partial charge in [0.25, 0.3) is 0 Å². The van der Waals surface area contributed by atoms with Crippen LogP contribution in [0.25, 0.3) is 0 Å². The summed E-state index contributed by atoms with van der Waals surface area (Å²) >= 11 is 3.27. The fraction of sp³-hybridized carbons (Fsp3) is 0.0909. The highest BCUT2D eigenvalue weighted by Gasteiger charge is 2.13. The lowest BCUT2D eigenvalue weighted by Crippen LogP contribution is -1.99. The van der Waals surface area contributed by atoms with Crippen LogP contribution in [0.2, 0.25) is 0 Å². The maximum absolute atomic E-state index is 11.0. The van der Waals surface area contributed by atoms with E-state index >= 15 is 0 Å². The van der Waals surface area contributed by atoms with Crippen molar-refractivity contribution < 1.29 is 14.6 Å². The molecule has 6 heteroatoms. The molecule has 0 saturated carbocycles. The van der Waals surface area contributed by atoms with Crippen molar-refractivity contribution in [2.24, 2.45) is 7.05 Å². The summed E-state index contributed by atoms with van der Waals surface area (Å²) in [6, 6.07) is 4.74. The van der Waals surface area contributed by atoms with Crippen LogP contribution in [0.3, 0.4) is 0 Å². The van der Waals surface area contributed by atoms with Gasteiger partial charge >= 0.3 is 5.97 Å². The molecule has 0 radical (unpaired) electrons. The summed E-state index contributed by atoms with van der Waals surface area (Å²) in [5.74, 6) is -0.260. The van der Waals surface area contributed by atoms with Gasteiger partial charge in [-0.3, -0.25) is 4.68 Å². The molecule has 0 unspecified atom stereocenters. The first kappa shape index (κ1) is 11.7. The average Bonchev–Trinajstić information content (AvgIpc) is 2.63. The highest BCUT2D eigenvalue weighted by Crippen LogP contribution is 2.28. The average molecular weight is 297 g/mol. The number of aromatic nitrogens is 2. The second-order valence-corrected chi connectivity index (χ2v) is 4.31. The van der Waals surface area contributed by atoms with Gasteiger partial charge in [0.1, 0.15) is 11.3 Å². The number of carboxylic acid groups (broad SMARTS) is 1. The molecule has 0 aliphatic rings. The Morgan fingerprint density at radius 1 is 1.53 bits per heavy atom. The summed E-state index contributed by atoms with van der Waals surface area (Å²) in [5, 5.41) is 13.0. The van der Waals surface area contributed by atoms with Crippen molar-refractivity contribution in [1.82, 2.24) is 9.78 Å². The number of carboxylic acids is 1. The molecule has 1 aromatic heterocycles. The summed E-state index contributed by atoms with van der Waals surface area (Å²) in [6.07, 6.45) is 3.18. The molecule has 5 nitrogen and oxygen atoms in total. The van der Waals surface area contributed by atoms with Crippen molar-refractivity contribution in [3.63, 3.8) is 0 Å². The lowest BCUT2D eigenvalue weighted by Gasteiger charge is -2.06. The SMILES string of the molecule is Cn1cc(Oc2cc(Br)ccc2C(=O)O)cn1. The van der Waals surface area contributed by atoms with Crippen LogP contribution in [0.4, 0.5) is 0 Å². The normalized spacial score (nSPS) is 10.2. The van der Waals surface area contributed by atoms with Crippen LogP contribution in [0.1, 0.15) is 10.4 Å². The van der Waals surface area contributed by atoms with Crippen molar-refractivity contribution in [2.75, 3.05) is 0 Å². The third-order valence-corrected chi connectivity index (χ3v) is 2.58. The lowest BCUT2D eigenvalue weighted by molar-refractivity contribution is 0.0694. The Bertz CT molecular complexity index is 566. The molecule has 0 aliphatic carbocycles. The highest BCUT2D eigenvalue weighted by atomic mass is 79.9. The molecule has 2 rings (SSSR count). The van der Waals surface area contributed by atoms with Crippen molar-refractivity contribution >= 4 is 21.9 Å². The first-order valence-electron chi connectivity index (χ1n) is 4.75. The molecule has 0 atom stereocenters. The fourth-order valence-corrected chi connectivity index (χ4v) is 1.68. The minimum atomic E-state index is -1.03. The van der Waals surface area contributed by atoms with Crippen LogP contribution in [0.15, 0.2) is 35.1 Å². The van der Waals surface area contributed by atoms with E-state index in [1.165, 1.54) is 12.3 Å². The van der Waals surface area contributed by atoms with E-state index in [1.807, 2.05) is 0 Å². The van der Waals surface area contributed by atoms with E-state index < -0.39 is 5.97 Å². The maximum atomic E-state index is 11.0. The molecule has 2 aromatic rings. The molecule has 0 spiro atoms. The molecule has 0 amide bonds. The number of ether oxygens (including phenoxy) is 1. The largest absolute Gasteiger partial charge is 0.478 e. The van der Waals surface area contributed by atoms with Crippen molar-refractivity contribution in [2.45, 2.75) is 0 Å². The van der Waals surface area contributed by atoms with E-state index in [0.29, 0.717) is 5.75 Å². The van der Waals surface area contributed by atoms with E-state index in [9.17, 15) is 4.79 Å². The number of halogens is 1. The zero-order valence-corrected chi connectivity index (χ0v) is 10.5. The predicted molar refractivity (Wildman–Crippen MR) is 64.4 cm³/mol. The Morgan fingerprint density at radius 2 is 2.29 bits per heavy atom. The number of benzene rings is 1. The van der Waals surface area contributed by atoms with Gasteiger partial charge in [0.05, 0.1) is 12.4 Å². The maximum Gasteiger partial charge on any atom is 0.339 e. The molecule has 88 valence electrons. The second-order valence-electron chi connectivity index (χ2n) is 3.40. The van der Waals surface area contributed by atoms with Gasteiger partial charge < -0.3 is 9.84 Å². The molecule has 1 N–H and O–H groups in total. The van der Waals surface area contributed by atoms with Gasteiger partial charge in [-0.15, -0.1) is 0 Å². The van der Waals surface area contributed by atoms with Gasteiger partial charge in [-0.05, 0) is 18.2 Å². The van der Waals surface area contributed by atoms with Crippen LogP contribution in [-0.2, 0) is 7.05 Å². The zero-order chi connectivity index (χ0) is 12.4. The number of rotatable bonds is 3. The molecule has 0 aliphatic heterocycles. The molecule has 0 saturated heterocycles. The number of hydrogen-bond acceptors (Lipinski definition) is 3. The van der Waals surface area contributed by atoms with Gasteiger partial charge in [-0.1, -0.05) is 15.9 Å². The quantitative estimate of drug-likeness (QED) is 0.946. The van der Waals surface area contributed by atoms with Gasteiger partial charge in [0, 0.05) is 11.5 Å². The predicted octanol–water partition coefficient (Wildman–Crippen LogP) is 2.67. The minimum Gasteiger partial charge on any atom is -0.478 e. The summed E-state index contributed by atoms with van der Waals surface area (Å²) in [4.78, 5) is 11.0. The number of aryl methyl sites for hydroxylation is 1. The number of aromatic carboxylic acids is 1. The lowest BCUT2D eigenvalue weighted by atomic mass is 10.2. The minimum absolute atomic E-state index is 0.108. The Morgan fingerprint density at radius 3 is 2.88 bits per heavy atom. The highest BCUT2D eigenvalue weighted by molar-refractivity contribution is 9.10. The van der Waals surface area contributed by atoms with Gasteiger partial charge in [-0.2, -0.15) is 5.10 Å². The van der Waals surface area contributed by atoms with E-state index in [-0.39, 0.29) is 11.3 Å². The van der Waals surface area contributed by atoms with Crippen LogP contribution < -0.4 is 4.74 Å². The van der Waals surface area contributed by atoms with Crippen molar-refractivity contribution in [3.05, 3.63) is 40.6 Å². The third-order valence-electron chi connectivity index (χ3n) is 2.08. The third kappa shape index (κ3) is 2.65. The van der Waals surface area contributed by atoms with Crippen molar-refractivity contribution in [3.8, 4) is 11.5 Å². The van der Waals surface area contributed by atoms with Gasteiger partial charge in [0.2, 0.25) is 0 Å². The molecular weight excluding hydrogens is 288 g/mol. The van der Waals surface area contributed by atoms with Crippen LogP contribution in [0.5, 0.6) is 11.5 Å². The monoisotopic (exact) mass is 296 g/mol. The van der Waals surface area contributed by atoms with Gasteiger partial charge in [-0.25, -0.2) is 4.79 Å².